The Morgan fingerprint density at radius 2 is 2.42 bits per heavy atom. The summed E-state index contributed by atoms with van der Waals surface area (Å²) in [5.74, 6) is 0.0827. The molecule has 0 saturated heterocycles. The number of thiazole rings is 1. The Morgan fingerprint density at radius 1 is 1.58 bits per heavy atom. The minimum Gasteiger partial charge on any atom is -0.472 e. The molecule has 0 radical (unpaired) electrons. The van der Waals surface area contributed by atoms with Crippen LogP contribution in [-0.4, -0.2) is 43.0 Å². The number of carbonyl (C=O) groups is 1. The van der Waals surface area contributed by atoms with Crippen molar-refractivity contribution in [1.29, 1.82) is 0 Å². The SMILES string of the molecule is CNCCN(C)C(=O)Cc1csc(-c2ccoc2)n1. The van der Waals surface area contributed by atoms with Crippen molar-refractivity contribution in [2.75, 3.05) is 27.2 Å². The highest BCUT2D eigenvalue weighted by molar-refractivity contribution is 7.13. The van der Waals surface area contributed by atoms with Gasteiger partial charge in [0.25, 0.3) is 0 Å². The van der Waals surface area contributed by atoms with Gasteiger partial charge in [-0.3, -0.25) is 4.79 Å². The molecule has 0 bridgehead atoms. The first-order chi connectivity index (χ1) is 9.20. The number of amides is 1. The molecule has 2 aromatic heterocycles. The van der Waals surface area contributed by atoms with Gasteiger partial charge in [0, 0.05) is 31.1 Å². The highest BCUT2D eigenvalue weighted by atomic mass is 32.1. The van der Waals surface area contributed by atoms with E-state index < -0.39 is 0 Å². The molecule has 6 heteroatoms. The number of hydrogen-bond acceptors (Lipinski definition) is 5. The standard InChI is InChI=1S/C13H17N3O2S/c1-14-4-5-16(2)12(17)7-11-9-19-13(15-11)10-3-6-18-8-10/h3,6,8-9,14H,4-5,7H2,1-2H3. The van der Waals surface area contributed by atoms with E-state index in [9.17, 15) is 4.79 Å². The first-order valence-corrected chi connectivity index (χ1v) is 6.94. The lowest BCUT2D eigenvalue weighted by molar-refractivity contribution is -0.129. The Labute approximate surface area is 116 Å². The topological polar surface area (TPSA) is 58.4 Å². The number of carbonyl (C=O) groups excluding carboxylic acids is 1. The number of hydrogen-bond donors (Lipinski definition) is 1. The number of aromatic nitrogens is 1. The number of likely N-dealkylation sites (N-methyl/N-ethyl adjacent to an activating group) is 2. The normalized spacial score (nSPS) is 10.6. The van der Waals surface area contributed by atoms with Gasteiger partial charge in [-0.25, -0.2) is 4.98 Å². The first-order valence-electron chi connectivity index (χ1n) is 6.06. The maximum absolute atomic E-state index is 12.0. The summed E-state index contributed by atoms with van der Waals surface area (Å²) in [6, 6.07) is 1.86. The summed E-state index contributed by atoms with van der Waals surface area (Å²) >= 11 is 1.52. The monoisotopic (exact) mass is 279 g/mol. The Balaban J connectivity index is 1.94. The van der Waals surface area contributed by atoms with Gasteiger partial charge in [0.15, 0.2) is 0 Å². The lowest BCUT2D eigenvalue weighted by Crippen LogP contribution is -2.33. The maximum atomic E-state index is 12.0. The molecule has 2 heterocycles. The molecule has 0 unspecified atom stereocenters. The second-order valence-electron chi connectivity index (χ2n) is 4.25. The molecule has 102 valence electrons. The van der Waals surface area contributed by atoms with E-state index in [2.05, 4.69) is 10.3 Å². The quantitative estimate of drug-likeness (QED) is 0.873. The van der Waals surface area contributed by atoms with Crippen molar-refractivity contribution in [2.24, 2.45) is 0 Å². The van der Waals surface area contributed by atoms with Gasteiger partial charge in [-0.2, -0.15) is 0 Å². The molecule has 5 nitrogen and oxygen atoms in total. The average Bonchev–Trinajstić information content (AvgIpc) is 3.05. The van der Waals surface area contributed by atoms with Crippen molar-refractivity contribution in [3.8, 4) is 10.6 Å². The predicted molar refractivity (Wildman–Crippen MR) is 75.1 cm³/mol. The van der Waals surface area contributed by atoms with Gasteiger partial charge in [0.1, 0.15) is 11.3 Å². The largest absolute Gasteiger partial charge is 0.472 e. The van der Waals surface area contributed by atoms with E-state index in [4.69, 9.17) is 4.42 Å². The Bertz CT molecular complexity index is 522. The van der Waals surface area contributed by atoms with Crippen LogP contribution in [-0.2, 0) is 11.2 Å². The highest BCUT2D eigenvalue weighted by Crippen LogP contribution is 2.24. The van der Waals surface area contributed by atoms with E-state index >= 15 is 0 Å². The molecular weight excluding hydrogens is 262 g/mol. The van der Waals surface area contributed by atoms with Gasteiger partial charge in [-0.1, -0.05) is 0 Å². The number of nitrogens with zero attached hydrogens (tertiary/aromatic N) is 2. The minimum absolute atomic E-state index is 0.0827. The predicted octanol–water partition coefficient (Wildman–Crippen LogP) is 1.62. The molecule has 0 aromatic carbocycles. The van der Waals surface area contributed by atoms with E-state index in [0.29, 0.717) is 13.0 Å². The van der Waals surface area contributed by atoms with E-state index in [1.54, 1.807) is 17.4 Å². The lowest BCUT2D eigenvalue weighted by Gasteiger charge is -2.15. The average molecular weight is 279 g/mol. The lowest BCUT2D eigenvalue weighted by atomic mass is 10.3. The van der Waals surface area contributed by atoms with Gasteiger partial charge in [0.2, 0.25) is 5.91 Å². The number of rotatable bonds is 6. The van der Waals surface area contributed by atoms with Crippen LogP contribution in [0.15, 0.2) is 28.4 Å². The highest BCUT2D eigenvalue weighted by Gasteiger charge is 2.12. The number of furan rings is 1. The summed E-state index contributed by atoms with van der Waals surface area (Å²) in [6.07, 6.45) is 3.62. The van der Waals surface area contributed by atoms with Crippen molar-refractivity contribution >= 4 is 17.2 Å². The molecule has 1 amide bonds. The second kappa shape index (κ2) is 6.49. The van der Waals surface area contributed by atoms with Crippen LogP contribution < -0.4 is 5.32 Å². The van der Waals surface area contributed by atoms with Crippen molar-refractivity contribution in [2.45, 2.75) is 6.42 Å². The zero-order chi connectivity index (χ0) is 13.7. The van der Waals surface area contributed by atoms with Gasteiger partial charge in [0.05, 0.1) is 18.4 Å². The van der Waals surface area contributed by atoms with E-state index in [0.717, 1.165) is 22.8 Å². The summed E-state index contributed by atoms with van der Waals surface area (Å²) in [7, 11) is 3.68. The third-order valence-electron chi connectivity index (χ3n) is 2.78. The molecular formula is C13H17N3O2S. The zero-order valence-corrected chi connectivity index (χ0v) is 11.9. The van der Waals surface area contributed by atoms with Crippen molar-refractivity contribution < 1.29 is 9.21 Å². The van der Waals surface area contributed by atoms with Crippen LogP contribution in [0, 0.1) is 0 Å². The van der Waals surface area contributed by atoms with Gasteiger partial charge in [-0.05, 0) is 13.1 Å². The van der Waals surface area contributed by atoms with Gasteiger partial charge < -0.3 is 14.6 Å². The van der Waals surface area contributed by atoms with E-state index in [1.165, 1.54) is 11.3 Å². The van der Waals surface area contributed by atoms with Crippen LogP contribution in [0.25, 0.3) is 10.6 Å². The summed E-state index contributed by atoms with van der Waals surface area (Å²) in [5.41, 5.74) is 1.76. The Kier molecular flexibility index (Phi) is 4.70. The third kappa shape index (κ3) is 3.65. The van der Waals surface area contributed by atoms with Crippen LogP contribution in [0.5, 0.6) is 0 Å². The molecule has 0 saturated carbocycles. The second-order valence-corrected chi connectivity index (χ2v) is 5.11. The van der Waals surface area contributed by atoms with Crippen LogP contribution in [0.4, 0.5) is 0 Å². The molecule has 2 aromatic rings. The number of nitrogens with one attached hydrogen (secondary N) is 1. The summed E-state index contributed by atoms with van der Waals surface area (Å²) in [5, 5.41) is 5.83. The fraction of sp³-hybridized carbons (Fsp3) is 0.385. The molecule has 19 heavy (non-hydrogen) atoms. The Hall–Kier alpha value is -1.66. The molecule has 2 rings (SSSR count). The summed E-state index contributed by atoms with van der Waals surface area (Å²) < 4.78 is 5.03. The van der Waals surface area contributed by atoms with Crippen LogP contribution in [0.3, 0.4) is 0 Å². The van der Waals surface area contributed by atoms with E-state index in [1.807, 2.05) is 25.5 Å². The van der Waals surface area contributed by atoms with Gasteiger partial charge in [-0.15, -0.1) is 11.3 Å². The minimum atomic E-state index is 0.0827. The fourth-order valence-electron chi connectivity index (χ4n) is 1.60. The van der Waals surface area contributed by atoms with Crippen LogP contribution in [0.1, 0.15) is 5.69 Å². The molecule has 0 aliphatic heterocycles. The zero-order valence-electron chi connectivity index (χ0n) is 11.0. The smallest absolute Gasteiger partial charge is 0.228 e. The third-order valence-corrected chi connectivity index (χ3v) is 3.72. The van der Waals surface area contributed by atoms with Crippen LogP contribution >= 0.6 is 11.3 Å². The molecule has 0 atom stereocenters. The summed E-state index contributed by atoms with van der Waals surface area (Å²) in [4.78, 5) is 18.1. The first kappa shape index (κ1) is 13.8. The van der Waals surface area contributed by atoms with E-state index in [-0.39, 0.29) is 5.91 Å². The van der Waals surface area contributed by atoms with Crippen molar-refractivity contribution in [1.82, 2.24) is 15.2 Å². The molecule has 0 spiro atoms. The van der Waals surface area contributed by atoms with Gasteiger partial charge >= 0.3 is 0 Å². The maximum Gasteiger partial charge on any atom is 0.228 e. The molecule has 0 aliphatic rings. The Morgan fingerprint density at radius 3 is 3.11 bits per heavy atom. The molecule has 1 N–H and O–H groups in total. The van der Waals surface area contributed by atoms with Crippen LogP contribution in [0.2, 0.25) is 0 Å². The van der Waals surface area contributed by atoms with Crippen molar-refractivity contribution in [3.63, 3.8) is 0 Å². The molecule has 0 fully saturated rings. The summed E-state index contributed by atoms with van der Waals surface area (Å²) in [6.45, 7) is 1.49. The molecule has 0 aliphatic carbocycles. The fourth-order valence-corrected chi connectivity index (χ4v) is 2.41. The van der Waals surface area contributed by atoms with Crippen molar-refractivity contribution in [3.05, 3.63) is 29.7 Å².